The van der Waals surface area contributed by atoms with Crippen LogP contribution in [0.4, 0.5) is 5.82 Å². The number of nitrogens with one attached hydrogen (secondary N) is 1. The number of sulfonamides is 1. The maximum atomic E-state index is 12.7. The van der Waals surface area contributed by atoms with Crippen LogP contribution >= 0.6 is 0 Å². The first-order valence-corrected chi connectivity index (χ1v) is 7.94. The Bertz CT molecular complexity index is 713. The average molecular weight is 313 g/mol. The highest BCUT2D eigenvalue weighted by Crippen LogP contribution is 2.24. The first-order valence-electron chi connectivity index (χ1n) is 6.50. The van der Waals surface area contributed by atoms with E-state index in [9.17, 15) is 8.42 Å². The van der Waals surface area contributed by atoms with Gasteiger partial charge in [0.05, 0.1) is 6.61 Å². The van der Waals surface area contributed by atoms with Gasteiger partial charge >= 0.3 is 0 Å². The van der Waals surface area contributed by atoms with Crippen LogP contribution in [0.3, 0.4) is 0 Å². The van der Waals surface area contributed by atoms with Gasteiger partial charge in [0.2, 0.25) is 5.03 Å². The fourth-order valence-corrected chi connectivity index (χ4v) is 3.28. The van der Waals surface area contributed by atoms with Crippen molar-refractivity contribution in [2.75, 3.05) is 32.2 Å². The van der Waals surface area contributed by atoms with Crippen LogP contribution in [0, 0.1) is 0 Å². The molecule has 2 rings (SSSR count). The van der Waals surface area contributed by atoms with Gasteiger partial charge in [-0.3, -0.25) is 4.40 Å². The molecule has 9 heteroatoms. The van der Waals surface area contributed by atoms with Crippen molar-refractivity contribution in [2.45, 2.75) is 11.9 Å². The van der Waals surface area contributed by atoms with Gasteiger partial charge in [-0.15, -0.1) is 0 Å². The number of ether oxygens (including phenoxy) is 1. The number of imidazole rings is 1. The van der Waals surface area contributed by atoms with Crippen LogP contribution in [0.15, 0.2) is 29.4 Å². The predicted octanol–water partition coefficient (Wildman–Crippen LogP) is 0.277. The molecule has 2 aromatic heterocycles. The fraction of sp³-hybridized carbons (Fsp3) is 0.417. The van der Waals surface area contributed by atoms with Crippen LogP contribution in [0.25, 0.3) is 5.65 Å². The molecule has 0 aliphatic rings. The molecule has 3 N–H and O–H groups in total. The highest BCUT2D eigenvalue weighted by molar-refractivity contribution is 7.89. The summed E-state index contributed by atoms with van der Waals surface area (Å²) in [5.41, 5.74) is 2.85. The number of fused-ring (bicyclic) bond motifs is 1. The first-order chi connectivity index (χ1) is 10.0. The number of hydrogen-bond acceptors (Lipinski definition) is 6. The Balaban J connectivity index is 2.43. The number of likely N-dealkylation sites (N-methyl/N-ethyl adjacent to an activating group) is 1. The van der Waals surface area contributed by atoms with Gasteiger partial charge in [0.1, 0.15) is 5.65 Å². The van der Waals surface area contributed by atoms with E-state index in [-0.39, 0.29) is 17.4 Å². The van der Waals surface area contributed by atoms with E-state index in [1.54, 1.807) is 24.4 Å². The predicted molar refractivity (Wildman–Crippen MR) is 79.3 cm³/mol. The molecule has 116 valence electrons. The van der Waals surface area contributed by atoms with E-state index in [1.165, 1.54) is 15.8 Å². The third-order valence-corrected chi connectivity index (χ3v) is 4.91. The summed E-state index contributed by atoms with van der Waals surface area (Å²) in [5, 5.41) is 0.0135. The van der Waals surface area contributed by atoms with E-state index in [1.807, 2.05) is 6.92 Å². The number of aromatic nitrogens is 2. The zero-order valence-corrected chi connectivity index (χ0v) is 12.8. The molecule has 0 aliphatic carbocycles. The Morgan fingerprint density at radius 2 is 2.24 bits per heavy atom. The topological polar surface area (TPSA) is 102 Å². The Labute approximate surface area is 123 Å². The third-order valence-electron chi connectivity index (χ3n) is 3.03. The maximum Gasteiger partial charge on any atom is 0.262 e. The summed E-state index contributed by atoms with van der Waals surface area (Å²) in [6.45, 7) is 2.98. The van der Waals surface area contributed by atoms with Crippen molar-refractivity contribution in [1.82, 2.24) is 13.7 Å². The Morgan fingerprint density at radius 1 is 1.48 bits per heavy atom. The molecule has 0 atom stereocenters. The molecule has 0 saturated heterocycles. The Morgan fingerprint density at radius 3 is 2.90 bits per heavy atom. The number of anilines is 1. The van der Waals surface area contributed by atoms with Gasteiger partial charge in [0.25, 0.3) is 10.0 Å². The molecule has 2 aromatic rings. The van der Waals surface area contributed by atoms with Crippen molar-refractivity contribution in [1.29, 1.82) is 0 Å². The molecule has 0 saturated carbocycles. The molecule has 8 nitrogen and oxygen atoms in total. The molecule has 0 amide bonds. The number of nitrogen functional groups attached to an aromatic ring is 1. The number of hydrazine groups is 1. The maximum absolute atomic E-state index is 12.7. The monoisotopic (exact) mass is 313 g/mol. The van der Waals surface area contributed by atoms with E-state index in [2.05, 4.69) is 10.4 Å². The van der Waals surface area contributed by atoms with Gasteiger partial charge in [-0.1, -0.05) is 6.07 Å². The van der Waals surface area contributed by atoms with Gasteiger partial charge < -0.3 is 10.2 Å². The lowest BCUT2D eigenvalue weighted by atomic mass is 10.5. The Hall–Kier alpha value is -1.68. The summed E-state index contributed by atoms with van der Waals surface area (Å²) in [6.07, 6.45) is 1.63. The summed E-state index contributed by atoms with van der Waals surface area (Å²) >= 11 is 0. The van der Waals surface area contributed by atoms with Gasteiger partial charge in [-0.25, -0.2) is 19.2 Å². The van der Waals surface area contributed by atoms with Crippen molar-refractivity contribution in [3.63, 3.8) is 0 Å². The van der Waals surface area contributed by atoms with Crippen molar-refractivity contribution >= 4 is 21.5 Å². The molecule has 0 fully saturated rings. The van der Waals surface area contributed by atoms with E-state index >= 15 is 0 Å². The van der Waals surface area contributed by atoms with Crippen LogP contribution in [0.1, 0.15) is 6.92 Å². The van der Waals surface area contributed by atoms with Crippen molar-refractivity contribution in [3.05, 3.63) is 24.4 Å². The lowest BCUT2D eigenvalue weighted by Crippen LogP contribution is -2.32. The number of rotatable bonds is 7. The second kappa shape index (κ2) is 6.39. The molecule has 0 spiro atoms. The highest BCUT2D eigenvalue weighted by Gasteiger charge is 2.28. The van der Waals surface area contributed by atoms with Crippen molar-refractivity contribution in [3.8, 4) is 0 Å². The molecule has 0 unspecified atom stereocenters. The quantitative estimate of drug-likeness (QED) is 0.432. The number of nitrogens with two attached hydrogens (primary N) is 1. The summed E-state index contributed by atoms with van der Waals surface area (Å²) in [6, 6.07) is 5.21. The number of nitrogens with zero attached hydrogens (tertiary/aromatic N) is 3. The molecule has 0 aromatic carbocycles. The van der Waals surface area contributed by atoms with Crippen molar-refractivity contribution in [2.24, 2.45) is 5.84 Å². The van der Waals surface area contributed by atoms with Gasteiger partial charge in [0.15, 0.2) is 5.82 Å². The molecular weight excluding hydrogens is 294 g/mol. The van der Waals surface area contributed by atoms with E-state index in [0.29, 0.717) is 18.9 Å². The van der Waals surface area contributed by atoms with Gasteiger partial charge in [-0.05, 0) is 19.1 Å². The number of pyridine rings is 1. The summed E-state index contributed by atoms with van der Waals surface area (Å²) < 4.78 is 33.3. The smallest absolute Gasteiger partial charge is 0.262 e. The van der Waals surface area contributed by atoms with Gasteiger partial charge in [-0.2, -0.15) is 4.31 Å². The fourth-order valence-electron chi connectivity index (χ4n) is 1.92. The SMILES string of the molecule is CCOCCN(C)S(=O)(=O)c1c(NN)nc2ccccn12. The van der Waals surface area contributed by atoms with Crippen molar-refractivity contribution < 1.29 is 13.2 Å². The van der Waals surface area contributed by atoms with E-state index in [0.717, 1.165) is 0 Å². The first kappa shape index (κ1) is 15.7. The van der Waals surface area contributed by atoms with Crippen LogP contribution < -0.4 is 11.3 Å². The number of hydrogen-bond donors (Lipinski definition) is 2. The summed E-state index contributed by atoms with van der Waals surface area (Å²) in [7, 11) is -2.24. The van der Waals surface area contributed by atoms with Crippen LogP contribution in [0.2, 0.25) is 0 Å². The summed E-state index contributed by atoms with van der Waals surface area (Å²) in [4.78, 5) is 4.17. The standard InChI is InChI=1S/C12H19N5O3S/c1-3-20-9-8-16(2)21(18,19)12-11(15-13)14-10-6-4-5-7-17(10)12/h4-7,15H,3,8-9,13H2,1-2H3. The van der Waals surface area contributed by atoms with Crippen LogP contribution in [-0.4, -0.2) is 48.9 Å². The third kappa shape index (κ3) is 3.00. The lowest BCUT2D eigenvalue weighted by Gasteiger charge is -2.17. The normalized spacial score (nSPS) is 12.2. The minimum Gasteiger partial charge on any atom is -0.380 e. The minimum atomic E-state index is -3.73. The zero-order chi connectivity index (χ0) is 15.5. The second-order valence-electron chi connectivity index (χ2n) is 4.36. The molecular formula is C12H19N5O3S. The highest BCUT2D eigenvalue weighted by atomic mass is 32.2. The van der Waals surface area contributed by atoms with Crippen LogP contribution in [-0.2, 0) is 14.8 Å². The lowest BCUT2D eigenvalue weighted by molar-refractivity contribution is 0.138. The zero-order valence-electron chi connectivity index (χ0n) is 12.0. The molecule has 0 radical (unpaired) electrons. The molecule has 2 heterocycles. The largest absolute Gasteiger partial charge is 0.380 e. The minimum absolute atomic E-state index is 0.0135. The van der Waals surface area contributed by atoms with Crippen LogP contribution in [0.5, 0.6) is 0 Å². The Kier molecular flexibility index (Phi) is 4.78. The van der Waals surface area contributed by atoms with Gasteiger partial charge in [0, 0.05) is 26.4 Å². The van der Waals surface area contributed by atoms with E-state index in [4.69, 9.17) is 10.6 Å². The second-order valence-corrected chi connectivity index (χ2v) is 6.32. The average Bonchev–Trinajstić information content (AvgIpc) is 2.86. The summed E-state index contributed by atoms with van der Waals surface area (Å²) in [5.74, 6) is 5.51. The molecule has 21 heavy (non-hydrogen) atoms. The molecule has 0 bridgehead atoms. The van der Waals surface area contributed by atoms with E-state index < -0.39 is 10.0 Å². The molecule has 0 aliphatic heterocycles.